The Kier molecular flexibility index (Phi) is 5.55. The number of thioether (sulfide) groups is 1. The molecule has 1 aromatic rings. The zero-order valence-corrected chi connectivity index (χ0v) is 11.4. The Hall–Kier alpha value is -1.00. The fourth-order valence-corrected chi connectivity index (χ4v) is 2.89. The van der Waals surface area contributed by atoms with Crippen LogP contribution < -0.4 is 5.32 Å². The molecule has 18 heavy (non-hydrogen) atoms. The average Bonchev–Trinajstić information content (AvgIpc) is 2.45. The van der Waals surface area contributed by atoms with Crippen molar-refractivity contribution >= 4 is 17.7 Å². The molecule has 0 unspecified atom stereocenters. The first-order chi connectivity index (χ1) is 8.86. The van der Waals surface area contributed by atoms with Gasteiger partial charge < -0.3 is 10.2 Å². The monoisotopic (exact) mass is 264 g/mol. The van der Waals surface area contributed by atoms with E-state index in [2.05, 4.69) is 29.6 Å². The number of hydrogen-bond acceptors (Lipinski definition) is 3. The molecule has 1 aromatic carbocycles. The Balaban J connectivity index is 1.61. The number of nitrogens with one attached hydrogen (secondary N) is 1. The number of carbonyl (C=O) groups is 1. The van der Waals surface area contributed by atoms with Crippen molar-refractivity contribution < 1.29 is 4.79 Å². The summed E-state index contributed by atoms with van der Waals surface area (Å²) in [7, 11) is 0. The van der Waals surface area contributed by atoms with Gasteiger partial charge in [0.2, 0.25) is 5.91 Å². The van der Waals surface area contributed by atoms with Gasteiger partial charge in [0.05, 0.1) is 0 Å². The lowest BCUT2D eigenvalue weighted by Gasteiger charge is -2.27. The molecule has 4 heteroatoms. The minimum absolute atomic E-state index is 0.303. The standard InChI is InChI=1S/C14H20N2OS/c17-14(16-9-7-15-8-10-16)6-11-18-12-13-4-2-1-3-5-13/h1-5,15H,6-12H2. The van der Waals surface area contributed by atoms with Gasteiger partial charge >= 0.3 is 0 Å². The summed E-state index contributed by atoms with van der Waals surface area (Å²) >= 11 is 1.84. The van der Waals surface area contributed by atoms with Gasteiger partial charge in [-0.15, -0.1) is 0 Å². The maximum absolute atomic E-state index is 11.9. The van der Waals surface area contributed by atoms with Gasteiger partial charge in [-0.05, 0) is 5.56 Å². The zero-order chi connectivity index (χ0) is 12.6. The van der Waals surface area contributed by atoms with Crippen LogP contribution in [0.5, 0.6) is 0 Å². The zero-order valence-electron chi connectivity index (χ0n) is 10.6. The van der Waals surface area contributed by atoms with E-state index in [0.717, 1.165) is 37.7 Å². The van der Waals surface area contributed by atoms with Crippen LogP contribution in [-0.2, 0) is 10.5 Å². The number of benzene rings is 1. The molecular weight excluding hydrogens is 244 g/mol. The van der Waals surface area contributed by atoms with Crippen molar-refractivity contribution in [2.45, 2.75) is 12.2 Å². The van der Waals surface area contributed by atoms with Crippen LogP contribution in [0.1, 0.15) is 12.0 Å². The quantitative estimate of drug-likeness (QED) is 0.822. The average molecular weight is 264 g/mol. The maximum atomic E-state index is 11.9. The first-order valence-electron chi connectivity index (χ1n) is 6.46. The summed E-state index contributed by atoms with van der Waals surface area (Å²) in [5.74, 6) is 2.21. The van der Waals surface area contributed by atoms with Crippen molar-refractivity contribution in [1.29, 1.82) is 0 Å². The number of rotatable bonds is 5. The van der Waals surface area contributed by atoms with Crippen LogP contribution in [0, 0.1) is 0 Å². The van der Waals surface area contributed by atoms with E-state index in [9.17, 15) is 4.79 Å². The predicted octanol–water partition coefficient (Wildman–Crippen LogP) is 1.74. The van der Waals surface area contributed by atoms with Crippen LogP contribution in [-0.4, -0.2) is 42.7 Å². The van der Waals surface area contributed by atoms with Crippen LogP contribution in [0.2, 0.25) is 0 Å². The van der Waals surface area contributed by atoms with Crippen molar-refractivity contribution in [3.63, 3.8) is 0 Å². The van der Waals surface area contributed by atoms with E-state index in [1.165, 1.54) is 5.56 Å². The number of nitrogens with zero attached hydrogens (tertiary/aromatic N) is 1. The second kappa shape index (κ2) is 7.44. The van der Waals surface area contributed by atoms with Gasteiger partial charge in [-0.25, -0.2) is 0 Å². The molecule has 98 valence electrons. The van der Waals surface area contributed by atoms with E-state index in [1.54, 1.807) is 0 Å². The van der Waals surface area contributed by atoms with Crippen LogP contribution in [0.15, 0.2) is 30.3 Å². The maximum Gasteiger partial charge on any atom is 0.223 e. The van der Waals surface area contributed by atoms with Crippen molar-refractivity contribution in [2.75, 3.05) is 31.9 Å². The predicted molar refractivity (Wildman–Crippen MR) is 76.7 cm³/mol. The Morgan fingerprint density at radius 3 is 2.67 bits per heavy atom. The van der Waals surface area contributed by atoms with Crippen LogP contribution in [0.3, 0.4) is 0 Å². The van der Waals surface area contributed by atoms with E-state index in [1.807, 2.05) is 22.7 Å². The number of carbonyl (C=O) groups excluding carboxylic acids is 1. The van der Waals surface area contributed by atoms with Gasteiger partial charge in [-0.3, -0.25) is 4.79 Å². The SMILES string of the molecule is O=C(CCSCc1ccccc1)N1CCNCC1. The van der Waals surface area contributed by atoms with Crippen molar-refractivity contribution in [1.82, 2.24) is 10.2 Å². The molecule has 1 saturated heterocycles. The van der Waals surface area contributed by atoms with E-state index in [4.69, 9.17) is 0 Å². The number of amides is 1. The molecule has 1 aliphatic heterocycles. The molecule has 1 N–H and O–H groups in total. The second-order valence-corrected chi connectivity index (χ2v) is 5.52. The number of piperazine rings is 1. The molecule has 0 radical (unpaired) electrons. The lowest BCUT2D eigenvalue weighted by molar-refractivity contribution is -0.131. The highest BCUT2D eigenvalue weighted by Gasteiger charge is 2.15. The van der Waals surface area contributed by atoms with Gasteiger partial charge in [0, 0.05) is 44.1 Å². The molecule has 0 bridgehead atoms. The normalized spacial score (nSPS) is 15.7. The largest absolute Gasteiger partial charge is 0.340 e. The third-order valence-electron chi connectivity index (χ3n) is 3.04. The first kappa shape index (κ1) is 13.4. The van der Waals surface area contributed by atoms with E-state index in [-0.39, 0.29) is 0 Å². The lowest BCUT2D eigenvalue weighted by Crippen LogP contribution is -2.46. The van der Waals surface area contributed by atoms with Crippen molar-refractivity contribution in [2.24, 2.45) is 0 Å². The Morgan fingerprint density at radius 1 is 1.22 bits per heavy atom. The Morgan fingerprint density at radius 2 is 1.94 bits per heavy atom. The van der Waals surface area contributed by atoms with Crippen LogP contribution >= 0.6 is 11.8 Å². The molecule has 0 atom stereocenters. The lowest BCUT2D eigenvalue weighted by atomic mass is 10.2. The Bertz CT molecular complexity index is 363. The first-order valence-corrected chi connectivity index (χ1v) is 7.62. The molecule has 2 rings (SSSR count). The summed E-state index contributed by atoms with van der Waals surface area (Å²) in [5.41, 5.74) is 1.33. The fraction of sp³-hybridized carbons (Fsp3) is 0.500. The topological polar surface area (TPSA) is 32.3 Å². The van der Waals surface area contributed by atoms with Crippen molar-refractivity contribution in [3.05, 3.63) is 35.9 Å². The minimum Gasteiger partial charge on any atom is -0.340 e. The van der Waals surface area contributed by atoms with E-state index < -0.39 is 0 Å². The third kappa shape index (κ3) is 4.35. The number of hydrogen-bond donors (Lipinski definition) is 1. The van der Waals surface area contributed by atoms with Crippen LogP contribution in [0.25, 0.3) is 0 Å². The molecule has 1 heterocycles. The summed E-state index contributed by atoms with van der Waals surface area (Å²) in [4.78, 5) is 13.9. The van der Waals surface area contributed by atoms with Gasteiger partial charge in [-0.2, -0.15) is 11.8 Å². The highest BCUT2D eigenvalue weighted by molar-refractivity contribution is 7.98. The molecule has 0 spiro atoms. The van der Waals surface area contributed by atoms with Gasteiger partial charge in [0.15, 0.2) is 0 Å². The van der Waals surface area contributed by atoms with E-state index >= 15 is 0 Å². The molecule has 3 nitrogen and oxygen atoms in total. The van der Waals surface area contributed by atoms with E-state index in [0.29, 0.717) is 12.3 Å². The molecular formula is C14H20N2OS. The molecule has 0 saturated carbocycles. The summed E-state index contributed by atoms with van der Waals surface area (Å²) in [5, 5.41) is 3.26. The second-order valence-electron chi connectivity index (χ2n) is 4.42. The van der Waals surface area contributed by atoms with Crippen molar-refractivity contribution in [3.8, 4) is 0 Å². The van der Waals surface area contributed by atoms with Gasteiger partial charge in [0.25, 0.3) is 0 Å². The van der Waals surface area contributed by atoms with Gasteiger partial charge in [-0.1, -0.05) is 30.3 Å². The summed E-state index contributed by atoms with van der Waals surface area (Å²) < 4.78 is 0. The smallest absolute Gasteiger partial charge is 0.223 e. The molecule has 0 aromatic heterocycles. The van der Waals surface area contributed by atoms with Crippen LogP contribution in [0.4, 0.5) is 0 Å². The molecule has 1 aliphatic rings. The summed E-state index contributed by atoms with van der Waals surface area (Å²) in [6.45, 7) is 3.59. The van der Waals surface area contributed by atoms with Gasteiger partial charge in [0.1, 0.15) is 0 Å². The fourth-order valence-electron chi connectivity index (χ4n) is 2.00. The molecule has 1 amide bonds. The summed E-state index contributed by atoms with van der Waals surface area (Å²) in [6.07, 6.45) is 0.664. The molecule has 0 aliphatic carbocycles. The highest BCUT2D eigenvalue weighted by Crippen LogP contribution is 2.13. The third-order valence-corrected chi connectivity index (χ3v) is 4.07. The minimum atomic E-state index is 0.303. The Labute approximate surface area is 113 Å². The highest BCUT2D eigenvalue weighted by atomic mass is 32.2. The summed E-state index contributed by atoms with van der Waals surface area (Å²) in [6, 6.07) is 10.4. The molecule has 1 fully saturated rings.